The van der Waals surface area contributed by atoms with Gasteiger partial charge in [0.15, 0.2) is 0 Å². The number of nitrogens with one attached hydrogen (secondary N) is 1. The van der Waals surface area contributed by atoms with E-state index in [9.17, 15) is 9.59 Å². The fourth-order valence-electron chi connectivity index (χ4n) is 3.24. The van der Waals surface area contributed by atoms with Crippen molar-refractivity contribution in [3.05, 3.63) is 83.3 Å². The summed E-state index contributed by atoms with van der Waals surface area (Å²) in [6.07, 6.45) is 1.60. The van der Waals surface area contributed by atoms with Crippen molar-refractivity contribution in [2.24, 2.45) is 0 Å². The second kappa shape index (κ2) is 8.79. The predicted molar refractivity (Wildman–Crippen MR) is 120 cm³/mol. The normalized spacial score (nSPS) is 11.8. The first-order valence-corrected chi connectivity index (χ1v) is 10.0. The first-order valence-electron chi connectivity index (χ1n) is 10.0. The van der Waals surface area contributed by atoms with Crippen molar-refractivity contribution in [3.8, 4) is 17.0 Å². The van der Waals surface area contributed by atoms with E-state index in [0.29, 0.717) is 18.0 Å². The second-order valence-electron chi connectivity index (χ2n) is 7.04. The number of aromatic nitrogens is 3. The standard InChI is InChI=1S/C24H22N4O3/c1-3-31-20-10-8-17(9-11-20)22-12-13-23(29)28(27-22)16(2)24(30)26-19-14-18-6-4-5-7-21(18)25-15-19/h4-16H,3H2,1-2H3,(H,26,30). The molecule has 7 heteroatoms. The molecule has 31 heavy (non-hydrogen) atoms. The van der Waals surface area contributed by atoms with Gasteiger partial charge in [-0.15, -0.1) is 0 Å². The van der Waals surface area contributed by atoms with Crippen LogP contribution in [0.3, 0.4) is 0 Å². The Morgan fingerprint density at radius 1 is 1.10 bits per heavy atom. The summed E-state index contributed by atoms with van der Waals surface area (Å²) in [7, 11) is 0. The Bertz CT molecular complexity index is 1280. The lowest BCUT2D eigenvalue weighted by Crippen LogP contribution is -2.33. The molecule has 0 aliphatic heterocycles. The van der Waals surface area contributed by atoms with Crippen LogP contribution in [-0.4, -0.2) is 27.3 Å². The number of hydrogen-bond donors (Lipinski definition) is 1. The average molecular weight is 414 g/mol. The lowest BCUT2D eigenvalue weighted by Gasteiger charge is -2.15. The SMILES string of the molecule is CCOc1ccc(-c2ccc(=O)n(C(C)C(=O)Nc3cnc4ccccc4c3)n2)cc1. The highest BCUT2D eigenvalue weighted by Crippen LogP contribution is 2.21. The number of rotatable bonds is 6. The van der Waals surface area contributed by atoms with Crippen molar-refractivity contribution in [1.29, 1.82) is 0 Å². The minimum absolute atomic E-state index is 0.351. The van der Waals surface area contributed by atoms with E-state index in [1.165, 1.54) is 10.7 Å². The van der Waals surface area contributed by atoms with E-state index in [4.69, 9.17) is 4.74 Å². The van der Waals surface area contributed by atoms with E-state index >= 15 is 0 Å². The van der Waals surface area contributed by atoms with Crippen molar-refractivity contribution in [2.45, 2.75) is 19.9 Å². The van der Waals surface area contributed by atoms with E-state index in [1.807, 2.05) is 61.5 Å². The number of anilines is 1. The third-order valence-electron chi connectivity index (χ3n) is 4.89. The molecule has 2 aromatic heterocycles. The Labute approximate surface area is 179 Å². The number of fused-ring (bicyclic) bond motifs is 1. The van der Waals surface area contributed by atoms with Gasteiger partial charge in [-0.25, -0.2) is 4.68 Å². The first kappa shape index (κ1) is 20.3. The number of carbonyl (C=O) groups is 1. The Hall–Kier alpha value is -4.00. The predicted octanol–water partition coefficient (Wildman–Crippen LogP) is 4.06. The number of benzene rings is 2. The molecule has 4 rings (SSSR count). The van der Waals surface area contributed by atoms with Gasteiger partial charge >= 0.3 is 0 Å². The molecule has 0 spiro atoms. The summed E-state index contributed by atoms with van der Waals surface area (Å²) in [4.78, 5) is 29.6. The number of ether oxygens (including phenoxy) is 1. The number of carbonyl (C=O) groups excluding carboxylic acids is 1. The summed E-state index contributed by atoms with van der Waals surface area (Å²) in [5.74, 6) is 0.409. The second-order valence-corrected chi connectivity index (χ2v) is 7.04. The number of hydrogen-bond acceptors (Lipinski definition) is 5. The quantitative estimate of drug-likeness (QED) is 0.514. The number of para-hydroxylation sites is 1. The molecule has 1 atom stereocenters. The topological polar surface area (TPSA) is 86.1 Å². The van der Waals surface area contributed by atoms with E-state index in [2.05, 4.69) is 15.4 Å². The zero-order valence-corrected chi connectivity index (χ0v) is 17.3. The number of nitrogens with zero attached hydrogens (tertiary/aromatic N) is 3. The van der Waals surface area contributed by atoms with Crippen molar-refractivity contribution >= 4 is 22.5 Å². The highest BCUT2D eigenvalue weighted by molar-refractivity contribution is 5.95. The molecule has 4 aromatic rings. The summed E-state index contributed by atoms with van der Waals surface area (Å²) in [6.45, 7) is 4.15. The molecular weight excluding hydrogens is 392 g/mol. The molecule has 0 aliphatic rings. The molecule has 156 valence electrons. The Kier molecular flexibility index (Phi) is 5.75. The van der Waals surface area contributed by atoms with Gasteiger partial charge in [-0.2, -0.15) is 5.10 Å². The number of amides is 1. The van der Waals surface area contributed by atoms with Crippen molar-refractivity contribution in [3.63, 3.8) is 0 Å². The van der Waals surface area contributed by atoms with E-state index < -0.39 is 6.04 Å². The Balaban J connectivity index is 1.56. The lowest BCUT2D eigenvalue weighted by atomic mass is 10.1. The molecule has 0 bridgehead atoms. The average Bonchev–Trinajstić information content (AvgIpc) is 2.79. The number of pyridine rings is 1. The largest absolute Gasteiger partial charge is 0.494 e. The molecule has 0 radical (unpaired) electrons. The minimum Gasteiger partial charge on any atom is -0.494 e. The Morgan fingerprint density at radius 2 is 1.87 bits per heavy atom. The summed E-state index contributed by atoms with van der Waals surface area (Å²) in [5.41, 5.74) is 2.47. The van der Waals surface area contributed by atoms with E-state index in [1.54, 1.807) is 19.2 Å². The molecule has 1 unspecified atom stereocenters. The van der Waals surface area contributed by atoms with Crippen LogP contribution in [-0.2, 0) is 4.79 Å². The van der Waals surface area contributed by atoms with Gasteiger partial charge in [-0.3, -0.25) is 14.6 Å². The van der Waals surface area contributed by atoms with Gasteiger partial charge in [0.1, 0.15) is 11.8 Å². The smallest absolute Gasteiger partial charge is 0.267 e. The molecule has 0 saturated heterocycles. The molecule has 7 nitrogen and oxygen atoms in total. The monoisotopic (exact) mass is 414 g/mol. The molecule has 0 aliphatic carbocycles. The van der Waals surface area contributed by atoms with Gasteiger partial charge < -0.3 is 10.1 Å². The van der Waals surface area contributed by atoms with Crippen molar-refractivity contribution < 1.29 is 9.53 Å². The zero-order chi connectivity index (χ0) is 21.8. The molecule has 0 fully saturated rings. The van der Waals surface area contributed by atoms with Crippen LogP contribution in [0.15, 0.2) is 77.7 Å². The van der Waals surface area contributed by atoms with Crippen LogP contribution in [0, 0.1) is 0 Å². The fraction of sp³-hybridized carbons (Fsp3) is 0.167. The van der Waals surface area contributed by atoms with Gasteiger partial charge in [-0.1, -0.05) is 18.2 Å². The van der Waals surface area contributed by atoms with Crippen LogP contribution in [0.4, 0.5) is 5.69 Å². The zero-order valence-electron chi connectivity index (χ0n) is 17.3. The van der Waals surface area contributed by atoms with Crippen molar-refractivity contribution in [2.75, 3.05) is 11.9 Å². The summed E-state index contributed by atoms with van der Waals surface area (Å²) in [6, 6.07) is 19.2. The molecular formula is C24H22N4O3. The summed E-state index contributed by atoms with van der Waals surface area (Å²) < 4.78 is 6.65. The van der Waals surface area contributed by atoms with Crippen molar-refractivity contribution in [1.82, 2.24) is 14.8 Å². The first-order chi connectivity index (χ1) is 15.0. The van der Waals surface area contributed by atoms with Crippen LogP contribution in [0.2, 0.25) is 0 Å². The molecule has 2 heterocycles. The van der Waals surface area contributed by atoms with Crippen LogP contribution < -0.4 is 15.6 Å². The highest BCUT2D eigenvalue weighted by Gasteiger charge is 2.18. The minimum atomic E-state index is -0.804. The van der Waals surface area contributed by atoms with E-state index in [-0.39, 0.29) is 11.5 Å². The van der Waals surface area contributed by atoms with Crippen LogP contribution >= 0.6 is 0 Å². The maximum atomic E-state index is 12.8. The van der Waals surface area contributed by atoms with Crippen LogP contribution in [0.25, 0.3) is 22.2 Å². The third-order valence-corrected chi connectivity index (χ3v) is 4.89. The lowest BCUT2D eigenvalue weighted by molar-refractivity contribution is -0.119. The van der Waals surface area contributed by atoms with Gasteiger partial charge in [0, 0.05) is 17.0 Å². The third kappa shape index (κ3) is 4.45. The fourth-order valence-corrected chi connectivity index (χ4v) is 3.24. The summed E-state index contributed by atoms with van der Waals surface area (Å²) in [5, 5.41) is 8.16. The van der Waals surface area contributed by atoms with E-state index in [0.717, 1.165) is 22.2 Å². The maximum absolute atomic E-state index is 12.8. The molecule has 0 saturated carbocycles. The van der Waals surface area contributed by atoms with Gasteiger partial charge in [-0.05, 0) is 56.3 Å². The van der Waals surface area contributed by atoms with Crippen LogP contribution in [0.1, 0.15) is 19.9 Å². The van der Waals surface area contributed by atoms with Crippen LogP contribution in [0.5, 0.6) is 5.75 Å². The molecule has 2 aromatic carbocycles. The van der Waals surface area contributed by atoms with Gasteiger partial charge in [0.25, 0.3) is 5.56 Å². The summed E-state index contributed by atoms with van der Waals surface area (Å²) >= 11 is 0. The Morgan fingerprint density at radius 3 is 2.65 bits per heavy atom. The molecule has 1 N–H and O–H groups in total. The molecule has 1 amide bonds. The maximum Gasteiger partial charge on any atom is 0.267 e. The van der Waals surface area contributed by atoms with Gasteiger partial charge in [0.05, 0.1) is 29.7 Å². The van der Waals surface area contributed by atoms with Gasteiger partial charge in [0.2, 0.25) is 5.91 Å². The highest BCUT2D eigenvalue weighted by atomic mass is 16.5.